The van der Waals surface area contributed by atoms with Crippen molar-refractivity contribution in [3.8, 4) is 0 Å². The molecule has 0 spiro atoms. The van der Waals surface area contributed by atoms with Crippen LogP contribution in [0.15, 0.2) is 34.9 Å². The van der Waals surface area contributed by atoms with Crippen LogP contribution in [-0.4, -0.2) is 34.2 Å². The molecule has 2 aromatic rings. The molecule has 1 aliphatic carbocycles. The molecule has 28 heavy (non-hydrogen) atoms. The predicted molar refractivity (Wildman–Crippen MR) is 113 cm³/mol. The minimum atomic E-state index is -0.0788. The monoisotopic (exact) mass is 445 g/mol. The van der Waals surface area contributed by atoms with E-state index < -0.39 is 0 Å². The van der Waals surface area contributed by atoms with Gasteiger partial charge in [-0.2, -0.15) is 4.98 Å². The second kappa shape index (κ2) is 9.14. The average molecular weight is 446 g/mol. The maximum Gasteiger partial charge on any atom is 0.229 e. The van der Waals surface area contributed by atoms with Crippen molar-refractivity contribution in [1.29, 1.82) is 0 Å². The summed E-state index contributed by atoms with van der Waals surface area (Å²) >= 11 is 3.48. The van der Waals surface area contributed by atoms with E-state index in [9.17, 15) is 9.59 Å². The van der Waals surface area contributed by atoms with Crippen molar-refractivity contribution < 1.29 is 9.59 Å². The van der Waals surface area contributed by atoms with Crippen LogP contribution in [0.2, 0.25) is 0 Å². The standard InChI is InChI=1S/C20H24BrN5O2/c1-12(2)23-19(28)15-7-4-8-17(15)25-18-16(21)10-22-20(26-18)24-14-6-3-5-13(9-14)11-27/h3,5-6,9-12,15,17H,4,7-8H2,1-2H3,(H,23,28)(H2,22,24,25,26)/t15-,17+/m0/s1. The van der Waals surface area contributed by atoms with Gasteiger partial charge in [-0.3, -0.25) is 9.59 Å². The molecule has 7 nitrogen and oxygen atoms in total. The molecule has 0 saturated heterocycles. The molecule has 1 amide bonds. The topological polar surface area (TPSA) is 96.0 Å². The quantitative estimate of drug-likeness (QED) is 0.559. The lowest BCUT2D eigenvalue weighted by Crippen LogP contribution is -2.41. The number of nitrogens with zero attached hydrogens (tertiary/aromatic N) is 2. The van der Waals surface area contributed by atoms with E-state index in [0.29, 0.717) is 17.3 Å². The summed E-state index contributed by atoms with van der Waals surface area (Å²) in [6.45, 7) is 3.93. The zero-order valence-electron chi connectivity index (χ0n) is 15.9. The number of rotatable bonds is 7. The van der Waals surface area contributed by atoms with Gasteiger partial charge in [0, 0.05) is 29.5 Å². The second-order valence-corrected chi connectivity index (χ2v) is 8.06. The number of benzene rings is 1. The molecule has 0 radical (unpaired) electrons. The van der Waals surface area contributed by atoms with Crippen molar-refractivity contribution in [2.24, 2.45) is 5.92 Å². The van der Waals surface area contributed by atoms with Crippen LogP contribution in [0, 0.1) is 5.92 Å². The second-order valence-electron chi connectivity index (χ2n) is 7.21. The van der Waals surface area contributed by atoms with Gasteiger partial charge in [0.15, 0.2) is 0 Å². The van der Waals surface area contributed by atoms with Crippen molar-refractivity contribution in [1.82, 2.24) is 15.3 Å². The molecule has 2 atom stereocenters. The van der Waals surface area contributed by atoms with Gasteiger partial charge in [-0.05, 0) is 54.8 Å². The number of hydrogen-bond donors (Lipinski definition) is 3. The van der Waals surface area contributed by atoms with Crippen LogP contribution < -0.4 is 16.0 Å². The minimum Gasteiger partial charge on any atom is -0.365 e. The number of hydrogen-bond acceptors (Lipinski definition) is 6. The number of anilines is 3. The fraction of sp³-hybridized carbons (Fsp3) is 0.400. The van der Waals surface area contributed by atoms with E-state index in [4.69, 9.17) is 0 Å². The van der Waals surface area contributed by atoms with Crippen LogP contribution in [0.3, 0.4) is 0 Å². The van der Waals surface area contributed by atoms with Crippen molar-refractivity contribution in [3.05, 3.63) is 40.5 Å². The number of aldehydes is 1. The first kappa shape index (κ1) is 20.3. The van der Waals surface area contributed by atoms with Gasteiger partial charge >= 0.3 is 0 Å². The Hall–Kier alpha value is -2.48. The van der Waals surface area contributed by atoms with Crippen LogP contribution in [0.1, 0.15) is 43.5 Å². The molecule has 0 unspecified atom stereocenters. The van der Waals surface area contributed by atoms with Crippen molar-refractivity contribution in [2.75, 3.05) is 10.6 Å². The largest absolute Gasteiger partial charge is 0.365 e. The Labute approximate surface area is 172 Å². The van der Waals surface area contributed by atoms with E-state index >= 15 is 0 Å². The average Bonchev–Trinajstić information content (AvgIpc) is 3.12. The lowest BCUT2D eigenvalue weighted by atomic mass is 10.0. The molecule has 1 aromatic heterocycles. The number of aromatic nitrogens is 2. The SMILES string of the molecule is CC(C)NC(=O)[C@H]1CCC[C@H]1Nc1nc(Nc2cccc(C=O)c2)ncc1Br. The van der Waals surface area contributed by atoms with E-state index in [1.807, 2.05) is 19.9 Å². The third-order valence-electron chi connectivity index (χ3n) is 4.63. The van der Waals surface area contributed by atoms with Crippen LogP contribution in [0.4, 0.5) is 17.5 Å². The lowest BCUT2D eigenvalue weighted by molar-refractivity contribution is -0.125. The lowest BCUT2D eigenvalue weighted by Gasteiger charge is -2.22. The zero-order valence-corrected chi connectivity index (χ0v) is 17.5. The molecule has 8 heteroatoms. The number of carbonyl (C=O) groups excluding carboxylic acids is 2. The van der Waals surface area contributed by atoms with Crippen LogP contribution in [0.25, 0.3) is 0 Å². The van der Waals surface area contributed by atoms with Gasteiger partial charge in [-0.25, -0.2) is 4.98 Å². The molecule has 3 rings (SSSR count). The molecule has 0 bridgehead atoms. The summed E-state index contributed by atoms with van der Waals surface area (Å²) in [5.41, 5.74) is 1.30. The van der Waals surface area contributed by atoms with E-state index in [-0.39, 0.29) is 23.9 Å². The zero-order chi connectivity index (χ0) is 20.1. The Bertz CT molecular complexity index is 858. The van der Waals surface area contributed by atoms with E-state index in [1.165, 1.54) is 0 Å². The molecule has 1 saturated carbocycles. The van der Waals surface area contributed by atoms with Crippen LogP contribution in [-0.2, 0) is 4.79 Å². The van der Waals surface area contributed by atoms with Crippen molar-refractivity contribution >= 4 is 45.6 Å². The Morgan fingerprint density at radius 3 is 2.89 bits per heavy atom. The van der Waals surface area contributed by atoms with Gasteiger partial charge in [0.05, 0.1) is 10.4 Å². The van der Waals surface area contributed by atoms with E-state index in [2.05, 4.69) is 41.8 Å². The molecule has 1 fully saturated rings. The highest BCUT2D eigenvalue weighted by Gasteiger charge is 2.33. The summed E-state index contributed by atoms with van der Waals surface area (Å²) in [4.78, 5) is 32.2. The first-order valence-electron chi connectivity index (χ1n) is 9.38. The molecule has 1 aromatic carbocycles. The summed E-state index contributed by atoms with van der Waals surface area (Å²) in [5, 5.41) is 9.52. The smallest absolute Gasteiger partial charge is 0.229 e. The Balaban J connectivity index is 1.74. The molecular formula is C20H24BrN5O2. The van der Waals surface area contributed by atoms with Crippen LogP contribution >= 0.6 is 15.9 Å². The van der Waals surface area contributed by atoms with Gasteiger partial charge in [-0.1, -0.05) is 18.6 Å². The number of halogens is 1. The maximum atomic E-state index is 12.5. The summed E-state index contributed by atoms with van der Waals surface area (Å²) < 4.78 is 0.731. The molecule has 1 aliphatic rings. The Kier molecular flexibility index (Phi) is 6.61. The highest BCUT2D eigenvalue weighted by molar-refractivity contribution is 9.10. The van der Waals surface area contributed by atoms with Crippen molar-refractivity contribution in [2.45, 2.75) is 45.2 Å². The third-order valence-corrected chi connectivity index (χ3v) is 5.21. The van der Waals surface area contributed by atoms with Gasteiger partial charge in [0.25, 0.3) is 0 Å². The Morgan fingerprint density at radius 1 is 1.32 bits per heavy atom. The van der Waals surface area contributed by atoms with Gasteiger partial charge < -0.3 is 16.0 Å². The first-order chi connectivity index (χ1) is 13.5. The number of nitrogens with one attached hydrogen (secondary N) is 3. The summed E-state index contributed by atoms with van der Waals surface area (Å²) in [5.74, 6) is 1.05. The molecule has 148 valence electrons. The van der Waals surface area contributed by atoms with Gasteiger partial charge in [0.2, 0.25) is 11.9 Å². The van der Waals surface area contributed by atoms with E-state index in [1.54, 1.807) is 24.4 Å². The third kappa shape index (κ3) is 5.07. The van der Waals surface area contributed by atoms with E-state index in [0.717, 1.165) is 35.7 Å². The number of carbonyl (C=O) groups is 2. The van der Waals surface area contributed by atoms with Gasteiger partial charge in [0.1, 0.15) is 12.1 Å². The highest BCUT2D eigenvalue weighted by atomic mass is 79.9. The minimum absolute atomic E-state index is 0.0243. The summed E-state index contributed by atoms with van der Waals surface area (Å²) in [6, 6.07) is 7.24. The Morgan fingerprint density at radius 2 is 2.14 bits per heavy atom. The predicted octanol–water partition coefficient (Wildman–Crippen LogP) is 3.90. The highest BCUT2D eigenvalue weighted by Crippen LogP contribution is 2.31. The normalized spacial score (nSPS) is 18.7. The molecule has 1 heterocycles. The van der Waals surface area contributed by atoms with Crippen LogP contribution in [0.5, 0.6) is 0 Å². The maximum absolute atomic E-state index is 12.5. The molecule has 0 aliphatic heterocycles. The summed E-state index contributed by atoms with van der Waals surface area (Å²) in [6.07, 6.45) is 5.24. The fourth-order valence-corrected chi connectivity index (χ4v) is 3.67. The molecular weight excluding hydrogens is 422 g/mol. The summed E-state index contributed by atoms with van der Waals surface area (Å²) in [7, 11) is 0. The van der Waals surface area contributed by atoms with Crippen molar-refractivity contribution in [3.63, 3.8) is 0 Å². The number of amides is 1. The van der Waals surface area contributed by atoms with Gasteiger partial charge in [-0.15, -0.1) is 0 Å². The fourth-order valence-electron chi connectivity index (χ4n) is 3.36. The molecule has 3 N–H and O–H groups in total. The first-order valence-corrected chi connectivity index (χ1v) is 10.2.